The minimum Gasteiger partial charge on any atom is -0.415 e. The van der Waals surface area contributed by atoms with Crippen LogP contribution in [0, 0.1) is 0 Å². The second-order valence-electron chi connectivity index (χ2n) is 1.47. The molecule has 0 aromatic heterocycles. The van der Waals surface area contributed by atoms with Crippen molar-refractivity contribution in [2.24, 2.45) is 5.73 Å². The smallest absolute Gasteiger partial charge is 0.0215 e. The second kappa shape index (κ2) is 18.7. The van der Waals surface area contributed by atoms with E-state index >= 15 is 0 Å². The molecule has 76 valence electrons. The van der Waals surface area contributed by atoms with Gasteiger partial charge >= 0.3 is 0 Å². The summed E-state index contributed by atoms with van der Waals surface area (Å²) in [6, 6.07) is 0. The molecule has 0 bridgehead atoms. The van der Waals surface area contributed by atoms with E-state index in [1.165, 1.54) is 0 Å². The van der Waals surface area contributed by atoms with Crippen molar-refractivity contribution in [3.8, 4) is 0 Å². The molecule has 0 heterocycles. The fourth-order valence-corrected chi connectivity index (χ4v) is 1.73. The predicted octanol–water partition coefficient (Wildman–Crippen LogP) is 2.51. The fourth-order valence-electron chi connectivity index (χ4n) is 0.192. The molecule has 0 saturated carbocycles. The number of rotatable bonds is 5. The first-order valence-corrected chi connectivity index (χ1v) is 6.38. The van der Waals surface area contributed by atoms with Crippen LogP contribution < -0.4 is 5.73 Å². The first kappa shape index (κ1) is 19.5. The van der Waals surface area contributed by atoms with Crippen LogP contribution in [0.3, 0.4) is 0 Å². The van der Waals surface area contributed by atoms with Crippen molar-refractivity contribution in [3.63, 3.8) is 0 Å². The molecule has 0 saturated heterocycles. The summed E-state index contributed by atoms with van der Waals surface area (Å²) in [5.74, 6) is 2.05. The van der Waals surface area contributed by atoms with Gasteiger partial charge in [-0.25, -0.2) is 0 Å². The molecule has 2 N–H and O–H groups in total. The molecule has 0 unspecified atom stereocenters. The summed E-state index contributed by atoms with van der Waals surface area (Å²) in [5, 5.41) is 0. The predicted molar refractivity (Wildman–Crippen MR) is 69.5 cm³/mol. The summed E-state index contributed by atoms with van der Waals surface area (Å²) in [4.78, 5) is 0. The van der Waals surface area contributed by atoms with Crippen molar-refractivity contribution in [2.45, 2.75) is 0 Å². The zero-order chi connectivity index (χ0) is 9.82. The van der Waals surface area contributed by atoms with Gasteiger partial charge in [-0.15, -0.1) is 13.2 Å². The van der Waals surface area contributed by atoms with Gasteiger partial charge in [0, 0.05) is 32.6 Å². The molecular formula is C7H12MoNS4-. The van der Waals surface area contributed by atoms with Crippen LogP contribution in [0.1, 0.15) is 0 Å². The minimum atomic E-state index is 0. The van der Waals surface area contributed by atoms with Crippen LogP contribution in [0.15, 0.2) is 25.3 Å². The van der Waals surface area contributed by atoms with E-state index in [4.69, 9.17) is 0 Å². The summed E-state index contributed by atoms with van der Waals surface area (Å²) >= 11 is 8.26. The number of hydrogen-bond acceptors (Lipinski definition) is 4. The molecule has 0 aliphatic carbocycles. The molecule has 0 atom stereocenters. The molecule has 0 rings (SSSR count). The normalized spacial score (nSPS) is 7.08. The summed E-state index contributed by atoms with van der Waals surface area (Å²) < 4.78 is 0.0833. The van der Waals surface area contributed by atoms with Gasteiger partial charge in [-0.2, -0.15) is 0 Å². The third kappa shape index (κ3) is 43.8. The summed E-state index contributed by atoms with van der Waals surface area (Å²) in [5.41, 5.74) is 4.66. The first-order chi connectivity index (χ1) is 5.65. The Kier molecular flexibility index (Phi) is 28.1. The molecular weight excluding hydrogens is 322 g/mol. The molecule has 0 aliphatic heterocycles. The van der Waals surface area contributed by atoms with E-state index in [2.05, 4.69) is 43.7 Å². The van der Waals surface area contributed by atoms with Gasteiger partial charge in [0.2, 0.25) is 0 Å². The Hall–Kier alpha value is 0.978. The first-order valence-electron chi connectivity index (χ1n) is 3.07. The largest absolute Gasteiger partial charge is 0.415 e. The average molecular weight is 334 g/mol. The van der Waals surface area contributed by atoms with Gasteiger partial charge in [0.05, 0.1) is 0 Å². The van der Waals surface area contributed by atoms with Crippen molar-refractivity contribution in [1.82, 2.24) is 0 Å². The standard InChI is InChI=1S/C6H10S2.CH3NS2.Mo/c1-3-5-7-8-6-4-2;2-1(3)4;/h3-4H,1-2,5-6H2;(H3,2,3,4);/p-1. The number of nitrogens with two attached hydrogens (primary N) is 1. The molecule has 6 heteroatoms. The van der Waals surface area contributed by atoms with Crippen molar-refractivity contribution in [3.05, 3.63) is 25.3 Å². The number of thiocarbonyl (C=S) groups is 1. The molecule has 0 aromatic carbocycles. The zero-order valence-electron chi connectivity index (χ0n) is 7.10. The Morgan fingerprint density at radius 2 is 1.54 bits per heavy atom. The van der Waals surface area contributed by atoms with Crippen LogP contribution in [0.5, 0.6) is 0 Å². The van der Waals surface area contributed by atoms with Crippen molar-refractivity contribution in [2.75, 3.05) is 11.5 Å². The molecule has 0 amide bonds. The molecule has 0 aliphatic rings. The van der Waals surface area contributed by atoms with E-state index in [0.29, 0.717) is 0 Å². The van der Waals surface area contributed by atoms with Crippen LogP contribution in [-0.2, 0) is 33.7 Å². The Labute approximate surface area is 113 Å². The van der Waals surface area contributed by atoms with Crippen LogP contribution in [0.25, 0.3) is 0 Å². The maximum absolute atomic E-state index is 4.66. The molecule has 0 radical (unpaired) electrons. The van der Waals surface area contributed by atoms with Gasteiger partial charge in [-0.3, -0.25) is 0 Å². The van der Waals surface area contributed by atoms with Crippen molar-refractivity contribution < 1.29 is 21.1 Å². The fraction of sp³-hybridized carbons (Fsp3) is 0.286. The third-order valence-corrected chi connectivity index (χ3v) is 2.68. The van der Waals surface area contributed by atoms with E-state index in [1.54, 1.807) is 21.6 Å². The van der Waals surface area contributed by atoms with Crippen LogP contribution in [-0.4, -0.2) is 15.8 Å². The monoisotopic (exact) mass is 336 g/mol. The SMILES string of the molecule is C=CCSSCC=C.NC(=S)[S-].[Mo]. The molecule has 0 spiro atoms. The Bertz CT molecular complexity index is 126. The minimum absolute atomic E-state index is 0. The van der Waals surface area contributed by atoms with Gasteiger partial charge in [0.1, 0.15) is 0 Å². The quantitative estimate of drug-likeness (QED) is 0.208. The maximum atomic E-state index is 4.66. The molecule has 1 nitrogen and oxygen atoms in total. The number of hydrogen-bond donors (Lipinski definition) is 1. The van der Waals surface area contributed by atoms with Crippen LogP contribution >= 0.6 is 33.8 Å². The van der Waals surface area contributed by atoms with Crippen molar-refractivity contribution in [1.29, 1.82) is 0 Å². The third-order valence-electron chi connectivity index (χ3n) is 0.455. The topological polar surface area (TPSA) is 26.0 Å². The van der Waals surface area contributed by atoms with E-state index in [1.807, 2.05) is 12.2 Å². The Balaban J connectivity index is -0.000000173. The zero-order valence-corrected chi connectivity index (χ0v) is 12.4. The van der Waals surface area contributed by atoms with Crippen molar-refractivity contribution >= 4 is 50.8 Å². The molecule has 0 fully saturated rings. The van der Waals surface area contributed by atoms with Gasteiger partial charge in [0.15, 0.2) is 0 Å². The average Bonchev–Trinajstić information content (AvgIpc) is 1.97. The van der Waals surface area contributed by atoms with Crippen LogP contribution in [0.4, 0.5) is 0 Å². The summed E-state index contributed by atoms with van der Waals surface area (Å²) in [6.45, 7) is 7.20. The summed E-state index contributed by atoms with van der Waals surface area (Å²) in [7, 11) is 3.61. The van der Waals surface area contributed by atoms with Gasteiger partial charge in [-0.05, 0) is 0 Å². The van der Waals surface area contributed by atoms with Gasteiger partial charge < -0.3 is 30.6 Å². The van der Waals surface area contributed by atoms with E-state index in [-0.39, 0.29) is 25.4 Å². The molecule has 0 aromatic rings. The van der Waals surface area contributed by atoms with E-state index < -0.39 is 0 Å². The maximum Gasteiger partial charge on any atom is 0.0215 e. The van der Waals surface area contributed by atoms with Crippen LogP contribution in [0.2, 0.25) is 0 Å². The Morgan fingerprint density at radius 3 is 1.69 bits per heavy atom. The second-order valence-corrected chi connectivity index (χ2v) is 5.16. The van der Waals surface area contributed by atoms with E-state index in [0.717, 1.165) is 11.5 Å². The Morgan fingerprint density at radius 1 is 1.31 bits per heavy atom. The summed E-state index contributed by atoms with van der Waals surface area (Å²) in [6.07, 6.45) is 3.81. The van der Waals surface area contributed by atoms with Gasteiger partial charge in [0.25, 0.3) is 0 Å². The van der Waals surface area contributed by atoms with Gasteiger partial charge in [-0.1, -0.05) is 38.1 Å². The van der Waals surface area contributed by atoms with E-state index in [9.17, 15) is 0 Å². The molecule has 13 heavy (non-hydrogen) atoms.